The fraction of sp³-hybridized carbons (Fsp3) is 0.562. The molecule has 0 radical (unpaired) electrons. The highest BCUT2D eigenvalue weighted by molar-refractivity contribution is 5.74. The Labute approximate surface area is 138 Å². The zero-order valence-electron chi connectivity index (χ0n) is 13.4. The monoisotopic (exact) mass is 347 g/mol. The van der Waals surface area contributed by atoms with E-state index in [-0.39, 0.29) is 23.8 Å². The summed E-state index contributed by atoms with van der Waals surface area (Å²) < 4.78 is 49.9. The van der Waals surface area contributed by atoms with Gasteiger partial charge in [0.1, 0.15) is 5.82 Å². The Bertz CT molecular complexity index is 547. The maximum atomic E-state index is 12.9. The average molecular weight is 347 g/mol. The predicted molar refractivity (Wildman–Crippen MR) is 82.0 cm³/mol. The predicted octanol–water partition coefficient (Wildman–Crippen LogP) is 3.07. The van der Waals surface area contributed by atoms with Crippen LogP contribution in [0.3, 0.4) is 0 Å². The van der Waals surface area contributed by atoms with Crippen molar-refractivity contribution in [3.63, 3.8) is 0 Å². The second-order valence-electron chi connectivity index (χ2n) is 6.13. The number of carbonyl (C=O) groups excluding carboxylic acids is 1. The van der Waals surface area contributed by atoms with Crippen LogP contribution in [0.5, 0.6) is 0 Å². The Hall–Kier alpha value is -1.83. The van der Waals surface area contributed by atoms with Gasteiger partial charge in [-0.3, -0.25) is 4.90 Å². The number of nitrogens with zero attached hydrogens (tertiary/aromatic N) is 1. The fourth-order valence-electron chi connectivity index (χ4n) is 2.80. The van der Waals surface area contributed by atoms with Crippen molar-refractivity contribution in [1.29, 1.82) is 0 Å². The standard InChI is InChI=1S/C16H21F4N3O/c1-11(13-2-4-14(17)5-3-13)22-15(24)21-8-12-6-7-23(9-12)10-16(18,19)20/h2-5,11-12H,6-10H2,1H3,(H2,21,22,24)/t11-,12+/m1/s1. The Balaban J connectivity index is 1.71. The number of hydrogen-bond acceptors (Lipinski definition) is 2. The minimum absolute atomic E-state index is 0.0132. The lowest BCUT2D eigenvalue weighted by Crippen LogP contribution is -2.40. The van der Waals surface area contributed by atoms with Crippen molar-refractivity contribution < 1.29 is 22.4 Å². The maximum absolute atomic E-state index is 12.9. The van der Waals surface area contributed by atoms with E-state index in [1.165, 1.54) is 17.0 Å². The number of likely N-dealkylation sites (tertiary alicyclic amines) is 1. The van der Waals surface area contributed by atoms with E-state index in [1.54, 1.807) is 19.1 Å². The molecule has 0 unspecified atom stereocenters. The molecule has 134 valence electrons. The molecule has 2 atom stereocenters. The summed E-state index contributed by atoms with van der Waals surface area (Å²) in [5, 5.41) is 5.41. The number of benzene rings is 1. The van der Waals surface area contributed by atoms with Gasteiger partial charge < -0.3 is 10.6 Å². The van der Waals surface area contributed by atoms with Crippen LogP contribution in [0.25, 0.3) is 0 Å². The van der Waals surface area contributed by atoms with Gasteiger partial charge in [-0.15, -0.1) is 0 Å². The quantitative estimate of drug-likeness (QED) is 0.804. The number of hydrogen-bond donors (Lipinski definition) is 2. The third kappa shape index (κ3) is 5.99. The lowest BCUT2D eigenvalue weighted by Gasteiger charge is -2.19. The molecule has 1 aliphatic rings. The van der Waals surface area contributed by atoms with Crippen LogP contribution in [0.1, 0.15) is 24.9 Å². The minimum Gasteiger partial charge on any atom is -0.338 e. The molecule has 1 heterocycles. The van der Waals surface area contributed by atoms with Crippen molar-refractivity contribution in [2.45, 2.75) is 25.6 Å². The van der Waals surface area contributed by atoms with E-state index in [4.69, 9.17) is 0 Å². The average Bonchev–Trinajstić information content (AvgIpc) is 2.91. The number of nitrogens with one attached hydrogen (secondary N) is 2. The van der Waals surface area contributed by atoms with Gasteiger partial charge in [-0.05, 0) is 43.5 Å². The van der Waals surface area contributed by atoms with Crippen molar-refractivity contribution in [2.75, 3.05) is 26.2 Å². The van der Waals surface area contributed by atoms with E-state index >= 15 is 0 Å². The number of rotatable bonds is 5. The molecular weight excluding hydrogens is 326 g/mol. The molecule has 8 heteroatoms. The van der Waals surface area contributed by atoms with Crippen LogP contribution < -0.4 is 10.6 Å². The van der Waals surface area contributed by atoms with Crippen LogP contribution in [0.4, 0.5) is 22.4 Å². The maximum Gasteiger partial charge on any atom is 0.401 e. The van der Waals surface area contributed by atoms with E-state index < -0.39 is 12.7 Å². The smallest absolute Gasteiger partial charge is 0.338 e. The van der Waals surface area contributed by atoms with Crippen LogP contribution in [0.2, 0.25) is 0 Å². The van der Waals surface area contributed by atoms with Crippen molar-refractivity contribution in [2.24, 2.45) is 5.92 Å². The SMILES string of the molecule is C[C@@H](NC(=O)NC[C@@H]1CCN(CC(F)(F)F)C1)c1ccc(F)cc1. The van der Waals surface area contributed by atoms with E-state index in [1.807, 2.05) is 0 Å². The Morgan fingerprint density at radius 3 is 2.62 bits per heavy atom. The first kappa shape index (κ1) is 18.5. The molecule has 0 aromatic heterocycles. The first-order chi connectivity index (χ1) is 11.2. The summed E-state index contributed by atoms with van der Waals surface area (Å²) in [6, 6.07) is 5.13. The van der Waals surface area contributed by atoms with Gasteiger partial charge in [0.15, 0.2) is 0 Å². The van der Waals surface area contributed by atoms with Gasteiger partial charge in [-0.25, -0.2) is 9.18 Å². The Kier molecular flexibility index (Phi) is 6.04. The van der Waals surface area contributed by atoms with Crippen molar-refractivity contribution in [3.05, 3.63) is 35.6 Å². The Morgan fingerprint density at radius 1 is 1.33 bits per heavy atom. The normalized spacial score (nSPS) is 20.0. The lowest BCUT2D eigenvalue weighted by atomic mass is 10.1. The summed E-state index contributed by atoms with van der Waals surface area (Å²) in [5.41, 5.74) is 0.767. The minimum atomic E-state index is -4.19. The second-order valence-corrected chi connectivity index (χ2v) is 6.13. The number of urea groups is 1. The molecule has 0 bridgehead atoms. The molecule has 24 heavy (non-hydrogen) atoms. The molecule has 2 rings (SSSR count). The summed E-state index contributed by atoms with van der Waals surface area (Å²) in [6.07, 6.45) is -3.56. The van der Waals surface area contributed by atoms with Gasteiger partial charge in [0.05, 0.1) is 12.6 Å². The van der Waals surface area contributed by atoms with Crippen LogP contribution in [-0.4, -0.2) is 43.3 Å². The Morgan fingerprint density at radius 2 is 2.00 bits per heavy atom. The van der Waals surface area contributed by atoms with Gasteiger partial charge in [-0.1, -0.05) is 12.1 Å². The van der Waals surface area contributed by atoms with Crippen LogP contribution in [0.15, 0.2) is 24.3 Å². The zero-order chi connectivity index (χ0) is 17.7. The van der Waals surface area contributed by atoms with Gasteiger partial charge >= 0.3 is 12.2 Å². The number of carbonyl (C=O) groups is 1. The molecule has 1 aromatic carbocycles. The first-order valence-electron chi connectivity index (χ1n) is 7.82. The third-order valence-electron chi connectivity index (χ3n) is 4.04. The third-order valence-corrected chi connectivity index (χ3v) is 4.04. The molecule has 0 spiro atoms. The highest BCUT2D eigenvalue weighted by Gasteiger charge is 2.34. The topological polar surface area (TPSA) is 44.4 Å². The molecule has 1 aromatic rings. The van der Waals surface area contributed by atoms with Crippen LogP contribution >= 0.6 is 0 Å². The van der Waals surface area contributed by atoms with Gasteiger partial charge in [0, 0.05) is 13.1 Å². The highest BCUT2D eigenvalue weighted by Crippen LogP contribution is 2.22. The summed E-state index contributed by atoms with van der Waals surface area (Å²) in [4.78, 5) is 13.2. The largest absolute Gasteiger partial charge is 0.401 e. The van der Waals surface area contributed by atoms with E-state index in [9.17, 15) is 22.4 Å². The zero-order valence-corrected chi connectivity index (χ0v) is 13.4. The van der Waals surface area contributed by atoms with Gasteiger partial charge in [-0.2, -0.15) is 13.2 Å². The van der Waals surface area contributed by atoms with E-state index in [0.717, 1.165) is 5.56 Å². The molecule has 0 aliphatic carbocycles. The van der Waals surface area contributed by atoms with E-state index in [0.29, 0.717) is 26.1 Å². The molecule has 1 aliphatic heterocycles. The van der Waals surface area contributed by atoms with Gasteiger partial charge in [0.2, 0.25) is 0 Å². The molecule has 4 nitrogen and oxygen atoms in total. The molecule has 2 amide bonds. The number of halogens is 4. The summed E-state index contributed by atoms with van der Waals surface area (Å²) in [6.45, 7) is 1.91. The molecule has 0 saturated carbocycles. The second kappa shape index (κ2) is 7.83. The molecule has 1 saturated heterocycles. The molecule has 1 fully saturated rings. The van der Waals surface area contributed by atoms with Gasteiger partial charge in [0.25, 0.3) is 0 Å². The molecular formula is C16H21F4N3O. The fourth-order valence-corrected chi connectivity index (χ4v) is 2.80. The first-order valence-corrected chi connectivity index (χ1v) is 7.82. The summed E-state index contributed by atoms with van der Waals surface area (Å²) in [7, 11) is 0. The van der Waals surface area contributed by atoms with Crippen molar-refractivity contribution in [1.82, 2.24) is 15.5 Å². The van der Waals surface area contributed by atoms with E-state index in [2.05, 4.69) is 10.6 Å². The number of alkyl halides is 3. The number of amides is 2. The van der Waals surface area contributed by atoms with Crippen LogP contribution in [0, 0.1) is 11.7 Å². The van der Waals surface area contributed by atoms with Crippen molar-refractivity contribution in [3.8, 4) is 0 Å². The highest BCUT2D eigenvalue weighted by atomic mass is 19.4. The summed E-state index contributed by atoms with van der Waals surface area (Å²) >= 11 is 0. The lowest BCUT2D eigenvalue weighted by molar-refractivity contribution is -0.143. The summed E-state index contributed by atoms with van der Waals surface area (Å²) in [5.74, 6) is -0.334. The van der Waals surface area contributed by atoms with Crippen molar-refractivity contribution >= 4 is 6.03 Å². The molecule has 2 N–H and O–H groups in total. The van der Waals surface area contributed by atoms with Crippen LogP contribution in [-0.2, 0) is 0 Å².